The largest absolute Gasteiger partial charge is 0.387 e. The molecule has 0 unspecified atom stereocenters. The van der Waals surface area contributed by atoms with Crippen LogP contribution in [-0.2, 0) is 32.1 Å². The number of carbonyl (C=O) groups excluding carboxylic acids is 5. The Bertz CT molecular complexity index is 1770. The van der Waals surface area contributed by atoms with Gasteiger partial charge in [0.25, 0.3) is 17.7 Å². The predicted octanol–water partition coefficient (Wildman–Crippen LogP) is 4.37. The lowest BCUT2D eigenvalue weighted by Crippen LogP contribution is -2.42. The van der Waals surface area contributed by atoms with E-state index in [2.05, 4.69) is 15.3 Å². The predicted molar refractivity (Wildman–Crippen MR) is 190 cm³/mol. The van der Waals surface area contributed by atoms with E-state index in [-0.39, 0.29) is 47.8 Å². The molecule has 1 aromatic carbocycles. The molecule has 12 heteroatoms. The number of aliphatic imine (C=N–C) groups is 1. The molecular weight excluding hydrogens is 634 g/mol. The molecule has 2 aromatic rings. The number of aromatic nitrogens is 1. The second kappa shape index (κ2) is 15.2. The van der Waals surface area contributed by atoms with Crippen molar-refractivity contribution in [2.24, 2.45) is 22.6 Å². The van der Waals surface area contributed by atoms with Crippen LogP contribution in [0.15, 0.2) is 53.2 Å². The Kier molecular flexibility index (Phi) is 10.5. The third kappa shape index (κ3) is 7.69. The Morgan fingerprint density at radius 2 is 1.72 bits per heavy atom. The molecule has 12 nitrogen and oxygen atoms in total. The summed E-state index contributed by atoms with van der Waals surface area (Å²) in [5.74, 6) is -0.355. The first-order valence-electron chi connectivity index (χ1n) is 17.7. The van der Waals surface area contributed by atoms with Crippen molar-refractivity contribution in [2.75, 3.05) is 31.5 Å². The average molecular weight is 680 g/mol. The molecule has 1 fully saturated rings. The molecule has 0 radical (unpaired) electrons. The number of nitrogens with one attached hydrogen (secondary N) is 1. The maximum atomic E-state index is 13.5. The van der Waals surface area contributed by atoms with Gasteiger partial charge in [0.2, 0.25) is 11.8 Å². The number of benzene rings is 1. The van der Waals surface area contributed by atoms with Crippen LogP contribution in [0.5, 0.6) is 0 Å². The lowest BCUT2D eigenvalue weighted by molar-refractivity contribution is -0.140. The van der Waals surface area contributed by atoms with Crippen LogP contribution in [0.4, 0.5) is 11.4 Å². The lowest BCUT2D eigenvalue weighted by atomic mass is 9.81. The molecular formula is C38H45N7O5. The van der Waals surface area contributed by atoms with Gasteiger partial charge in [-0.3, -0.25) is 33.9 Å². The van der Waals surface area contributed by atoms with E-state index in [0.29, 0.717) is 67.5 Å². The van der Waals surface area contributed by atoms with E-state index >= 15 is 0 Å². The van der Waals surface area contributed by atoms with Gasteiger partial charge in [-0.25, -0.2) is 4.99 Å². The molecule has 0 atom stereocenters. The Balaban J connectivity index is 1.08. The van der Waals surface area contributed by atoms with Crippen LogP contribution < -0.4 is 11.1 Å². The van der Waals surface area contributed by atoms with Crippen LogP contribution >= 0.6 is 0 Å². The standard InChI is InChI=1S/C38H45N7O5/c1-3-14-43(15-4-2)38(50)28-17-26-9-10-27(19-32(26)42-33(39)20-28)36(48)41-30-18-29-23-44(16-13-31(29)40-21-30)37(49)25-7-5-24(6-8-25)22-45-34(46)11-12-35(45)47/h9-12,17-19,21,24-25H,3-8,13-16,20,22-23H2,1-2H3,(H2,39,42)(H,41,48). The average Bonchev–Trinajstić information content (AvgIpc) is 3.32. The highest BCUT2D eigenvalue weighted by Crippen LogP contribution is 2.33. The third-order valence-corrected chi connectivity index (χ3v) is 9.95. The number of amides is 5. The smallest absolute Gasteiger partial charge is 0.255 e. The van der Waals surface area contributed by atoms with E-state index in [1.54, 1.807) is 24.4 Å². The zero-order chi connectivity index (χ0) is 35.4. The first-order chi connectivity index (χ1) is 24.1. The molecule has 4 aliphatic rings. The molecule has 0 spiro atoms. The number of pyridine rings is 1. The fraction of sp³-hybridized carbons (Fsp3) is 0.447. The maximum absolute atomic E-state index is 13.5. The van der Waals surface area contributed by atoms with Gasteiger partial charge in [-0.15, -0.1) is 0 Å². The van der Waals surface area contributed by atoms with Crippen molar-refractivity contribution in [3.05, 3.63) is 70.6 Å². The highest BCUT2D eigenvalue weighted by atomic mass is 16.2. The zero-order valence-corrected chi connectivity index (χ0v) is 28.8. The summed E-state index contributed by atoms with van der Waals surface area (Å²) in [6.07, 6.45) is 11.7. The second-order valence-electron chi connectivity index (χ2n) is 13.6. The number of hydrogen-bond acceptors (Lipinski definition) is 8. The highest BCUT2D eigenvalue weighted by Gasteiger charge is 2.34. The highest BCUT2D eigenvalue weighted by molar-refractivity contribution is 6.13. The van der Waals surface area contributed by atoms with Gasteiger partial charge < -0.3 is 20.9 Å². The van der Waals surface area contributed by atoms with E-state index < -0.39 is 0 Å². The number of fused-ring (bicyclic) bond motifs is 2. The molecule has 0 bridgehead atoms. The molecule has 3 N–H and O–H groups in total. The van der Waals surface area contributed by atoms with Crippen LogP contribution in [0.2, 0.25) is 0 Å². The molecule has 262 valence electrons. The van der Waals surface area contributed by atoms with Crippen LogP contribution in [0.1, 0.15) is 86.0 Å². The molecule has 4 heterocycles. The van der Waals surface area contributed by atoms with Gasteiger partial charge in [-0.05, 0) is 74.3 Å². The topological polar surface area (TPSA) is 158 Å². The molecule has 6 rings (SSSR count). The fourth-order valence-corrected chi connectivity index (χ4v) is 7.33. The van der Waals surface area contributed by atoms with Crippen LogP contribution in [0.25, 0.3) is 6.08 Å². The summed E-state index contributed by atoms with van der Waals surface area (Å²) in [4.78, 5) is 78.3. The Morgan fingerprint density at radius 3 is 2.42 bits per heavy atom. The summed E-state index contributed by atoms with van der Waals surface area (Å²) in [6.45, 7) is 6.85. The number of hydrogen-bond donors (Lipinski definition) is 2. The normalized spacial score (nSPS) is 20.0. The minimum atomic E-state index is -0.335. The minimum absolute atomic E-state index is 0.0440. The Hall–Kier alpha value is -5.13. The molecule has 5 amide bonds. The van der Waals surface area contributed by atoms with Crippen LogP contribution in [0.3, 0.4) is 0 Å². The third-order valence-electron chi connectivity index (χ3n) is 9.95. The van der Waals surface area contributed by atoms with Gasteiger partial charge in [0.1, 0.15) is 5.84 Å². The molecule has 50 heavy (non-hydrogen) atoms. The summed E-state index contributed by atoms with van der Waals surface area (Å²) in [7, 11) is 0. The number of carbonyl (C=O) groups is 5. The summed E-state index contributed by atoms with van der Waals surface area (Å²) in [5, 5.41) is 2.94. The summed E-state index contributed by atoms with van der Waals surface area (Å²) < 4.78 is 0. The zero-order valence-electron chi connectivity index (χ0n) is 28.8. The van der Waals surface area contributed by atoms with Crippen molar-refractivity contribution in [3.8, 4) is 0 Å². The molecule has 1 aliphatic carbocycles. The van der Waals surface area contributed by atoms with Crippen molar-refractivity contribution in [3.63, 3.8) is 0 Å². The van der Waals surface area contributed by atoms with Crippen molar-refractivity contribution in [1.29, 1.82) is 0 Å². The van der Waals surface area contributed by atoms with E-state index in [1.165, 1.54) is 17.1 Å². The first-order valence-corrected chi connectivity index (χ1v) is 17.7. The van der Waals surface area contributed by atoms with E-state index in [9.17, 15) is 24.0 Å². The van der Waals surface area contributed by atoms with Gasteiger partial charge in [-0.2, -0.15) is 0 Å². The second-order valence-corrected chi connectivity index (χ2v) is 13.6. The summed E-state index contributed by atoms with van der Waals surface area (Å²) >= 11 is 0. The van der Waals surface area contributed by atoms with E-state index in [1.807, 2.05) is 35.8 Å². The minimum Gasteiger partial charge on any atom is -0.387 e. The maximum Gasteiger partial charge on any atom is 0.255 e. The summed E-state index contributed by atoms with van der Waals surface area (Å²) in [5.41, 5.74) is 10.8. The molecule has 3 aliphatic heterocycles. The Labute approximate surface area is 292 Å². The number of anilines is 1. The number of rotatable bonds is 10. The number of nitrogens with zero attached hydrogens (tertiary/aromatic N) is 5. The number of imide groups is 1. The summed E-state index contributed by atoms with van der Waals surface area (Å²) in [6, 6.07) is 7.05. The quantitative estimate of drug-likeness (QED) is 0.353. The van der Waals surface area contributed by atoms with Gasteiger partial charge in [-0.1, -0.05) is 19.9 Å². The van der Waals surface area contributed by atoms with E-state index in [0.717, 1.165) is 55.3 Å². The van der Waals surface area contributed by atoms with Crippen molar-refractivity contribution < 1.29 is 24.0 Å². The Morgan fingerprint density at radius 1 is 1.00 bits per heavy atom. The van der Waals surface area contributed by atoms with Crippen molar-refractivity contribution in [1.82, 2.24) is 19.7 Å². The van der Waals surface area contributed by atoms with Crippen LogP contribution in [0, 0.1) is 11.8 Å². The van der Waals surface area contributed by atoms with E-state index in [4.69, 9.17) is 5.73 Å². The lowest BCUT2D eigenvalue weighted by Gasteiger charge is -2.35. The van der Waals surface area contributed by atoms with Gasteiger partial charge >= 0.3 is 0 Å². The van der Waals surface area contributed by atoms with Gasteiger partial charge in [0, 0.05) is 86.0 Å². The van der Waals surface area contributed by atoms with Gasteiger partial charge in [0.15, 0.2) is 0 Å². The molecule has 0 saturated heterocycles. The van der Waals surface area contributed by atoms with Crippen LogP contribution in [-0.4, -0.2) is 81.2 Å². The number of amidine groups is 1. The first kappa shape index (κ1) is 34.7. The monoisotopic (exact) mass is 679 g/mol. The molecule has 1 aromatic heterocycles. The fourth-order valence-electron chi connectivity index (χ4n) is 7.33. The van der Waals surface area contributed by atoms with Gasteiger partial charge in [0.05, 0.1) is 17.6 Å². The van der Waals surface area contributed by atoms with Crippen molar-refractivity contribution in [2.45, 2.75) is 71.8 Å². The number of nitrogens with two attached hydrogens (primary N) is 1. The molecule has 1 saturated carbocycles. The SMILES string of the molecule is CCCN(CCC)C(=O)C1=Cc2ccc(C(=O)Nc3cnc4c(c3)CN(C(=O)C3CCC(CN5C(=O)C=CC5=O)CC3)CC4)cc2N=C(N)C1. The van der Waals surface area contributed by atoms with Crippen molar-refractivity contribution >= 4 is 52.8 Å².